The van der Waals surface area contributed by atoms with Crippen molar-refractivity contribution in [3.05, 3.63) is 71.9 Å². The number of halogens is 3. The van der Waals surface area contributed by atoms with Crippen molar-refractivity contribution in [2.24, 2.45) is 0 Å². The van der Waals surface area contributed by atoms with Crippen LogP contribution in [0.15, 0.2) is 60.8 Å². The van der Waals surface area contributed by atoms with Crippen LogP contribution in [0, 0.1) is 0 Å². The van der Waals surface area contributed by atoms with E-state index in [9.17, 15) is 13.2 Å². The number of fused-ring (bicyclic) bond motifs is 1. The van der Waals surface area contributed by atoms with E-state index >= 15 is 0 Å². The van der Waals surface area contributed by atoms with E-state index in [1.807, 2.05) is 17.0 Å². The van der Waals surface area contributed by atoms with Gasteiger partial charge in [0.15, 0.2) is 0 Å². The molecule has 140 valence electrons. The summed E-state index contributed by atoms with van der Waals surface area (Å²) < 4.78 is 38.8. The molecule has 3 aromatic rings. The molecule has 0 spiro atoms. The Labute approximate surface area is 156 Å². The van der Waals surface area contributed by atoms with Crippen molar-refractivity contribution >= 4 is 16.6 Å². The van der Waals surface area contributed by atoms with E-state index in [1.165, 1.54) is 17.7 Å². The molecule has 0 N–H and O–H groups in total. The summed E-state index contributed by atoms with van der Waals surface area (Å²) in [6.45, 7) is 3.82. The highest BCUT2D eigenvalue weighted by Gasteiger charge is 2.31. The Hall–Kier alpha value is -2.60. The number of para-hydroxylation sites is 1. The summed E-state index contributed by atoms with van der Waals surface area (Å²) in [5.41, 5.74) is 2.24. The Balaban J connectivity index is 1.43. The van der Waals surface area contributed by atoms with Gasteiger partial charge >= 0.3 is 6.18 Å². The third-order valence-corrected chi connectivity index (χ3v) is 5.02. The van der Waals surface area contributed by atoms with Crippen LogP contribution in [-0.2, 0) is 12.7 Å². The highest BCUT2D eigenvalue weighted by Crippen LogP contribution is 2.32. The standard InChI is InChI=1S/C21H20F3N3/c22-21(23,24)18-7-2-8-19(14-18)27-12-10-26(11-13-27)15-17-5-1-4-16-6-3-9-25-20(16)17/h1-9,14H,10-13,15H2. The maximum atomic E-state index is 12.9. The Morgan fingerprint density at radius 3 is 2.41 bits per heavy atom. The predicted octanol–water partition coefficient (Wildman–Crippen LogP) is 4.58. The van der Waals surface area contributed by atoms with Crippen molar-refractivity contribution in [3.63, 3.8) is 0 Å². The zero-order valence-electron chi connectivity index (χ0n) is 14.8. The summed E-state index contributed by atoms with van der Waals surface area (Å²) in [4.78, 5) is 8.85. The zero-order chi connectivity index (χ0) is 18.9. The number of anilines is 1. The van der Waals surface area contributed by atoms with Gasteiger partial charge in [-0.1, -0.05) is 30.3 Å². The van der Waals surface area contributed by atoms with Gasteiger partial charge in [0.25, 0.3) is 0 Å². The van der Waals surface area contributed by atoms with E-state index in [2.05, 4.69) is 28.1 Å². The quantitative estimate of drug-likeness (QED) is 0.672. The maximum Gasteiger partial charge on any atom is 0.416 e. The van der Waals surface area contributed by atoms with Crippen molar-refractivity contribution in [1.29, 1.82) is 0 Å². The first-order valence-electron chi connectivity index (χ1n) is 8.98. The molecule has 6 heteroatoms. The lowest BCUT2D eigenvalue weighted by Gasteiger charge is -2.36. The number of hydrogen-bond donors (Lipinski definition) is 0. The highest BCUT2D eigenvalue weighted by atomic mass is 19.4. The summed E-state index contributed by atoms with van der Waals surface area (Å²) in [6, 6.07) is 15.8. The van der Waals surface area contributed by atoms with Crippen LogP contribution in [0.3, 0.4) is 0 Å². The molecule has 2 heterocycles. The Bertz CT molecular complexity index is 926. The van der Waals surface area contributed by atoms with E-state index < -0.39 is 11.7 Å². The molecule has 1 aromatic heterocycles. The topological polar surface area (TPSA) is 19.4 Å². The van der Waals surface area contributed by atoms with Crippen LogP contribution in [0.25, 0.3) is 10.9 Å². The summed E-state index contributed by atoms with van der Waals surface area (Å²) >= 11 is 0. The molecular formula is C21H20F3N3. The SMILES string of the molecule is FC(F)(F)c1cccc(N2CCN(Cc3cccc4cccnc34)CC2)c1. The van der Waals surface area contributed by atoms with E-state index in [0.717, 1.165) is 36.6 Å². The van der Waals surface area contributed by atoms with Crippen LogP contribution in [0.1, 0.15) is 11.1 Å². The zero-order valence-corrected chi connectivity index (χ0v) is 14.8. The normalized spacial score (nSPS) is 16.0. The monoisotopic (exact) mass is 371 g/mol. The van der Waals surface area contributed by atoms with Crippen molar-refractivity contribution < 1.29 is 13.2 Å². The van der Waals surface area contributed by atoms with Crippen LogP contribution in [-0.4, -0.2) is 36.1 Å². The summed E-state index contributed by atoms with van der Waals surface area (Å²) in [6.07, 6.45) is -2.50. The number of nitrogens with zero attached hydrogens (tertiary/aromatic N) is 3. The first kappa shape index (κ1) is 17.8. The number of aromatic nitrogens is 1. The van der Waals surface area contributed by atoms with Crippen LogP contribution in [0.2, 0.25) is 0 Å². The molecule has 0 amide bonds. The van der Waals surface area contributed by atoms with Crippen molar-refractivity contribution in [2.45, 2.75) is 12.7 Å². The molecule has 0 saturated carbocycles. The van der Waals surface area contributed by atoms with E-state index in [1.54, 1.807) is 12.3 Å². The minimum Gasteiger partial charge on any atom is -0.369 e. The van der Waals surface area contributed by atoms with Crippen molar-refractivity contribution in [3.8, 4) is 0 Å². The number of pyridine rings is 1. The van der Waals surface area contributed by atoms with Crippen LogP contribution >= 0.6 is 0 Å². The fourth-order valence-corrected chi connectivity index (χ4v) is 3.58. The fraction of sp³-hybridized carbons (Fsp3) is 0.286. The van der Waals surface area contributed by atoms with Crippen LogP contribution in [0.5, 0.6) is 0 Å². The summed E-state index contributed by atoms with van der Waals surface area (Å²) in [7, 11) is 0. The van der Waals surface area contributed by atoms with Crippen LogP contribution in [0.4, 0.5) is 18.9 Å². The maximum absolute atomic E-state index is 12.9. The molecule has 0 atom stereocenters. The first-order chi connectivity index (χ1) is 13.0. The second kappa shape index (κ2) is 7.19. The lowest BCUT2D eigenvalue weighted by molar-refractivity contribution is -0.137. The Morgan fingerprint density at radius 2 is 1.63 bits per heavy atom. The molecule has 1 fully saturated rings. The van der Waals surface area contributed by atoms with E-state index in [0.29, 0.717) is 18.8 Å². The molecule has 0 radical (unpaired) electrons. The lowest BCUT2D eigenvalue weighted by atomic mass is 10.1. The molecule has 0 unspecified atom stereocenters. The number of rotatable bonds is 3. The molecule has 2 aromatic carbocycles. The highest BCUT2D eigenvalue weighted by molar-refractivity contribution is 5.81. The van der Waals surface area contributed by atoms with Gasteiger partial charge in [-0.25, -0.2) is 0 Å². The average molecular weight is 371 g/mol. The van der Waals surface area contributed by atoms with Gasteiger partial charge in [0.2, 0.25) is 0 Å². The molecule has 0 aliphatic carbocycles. The fourth-order valence-electron chi connectivity index (χ4n) is 3.58. The lowest BCUT2D eigenvalue weighted by Crippen LogP contribution is -2.46. The van der Waals surface area contributed by atoms with Gasteiger partial charge < -0.3 is 4.90 Å². The minimum absolute atomic E-state index is 0.593. The molecule has 1 aliphatic heterocycles. The second-order valence-electron chi connectivity index (χ2n) is 6.80. The van der Waals surface area contributed by atoms with Crippen molar-refractivity contribution in [1.82, 2.24) is 9.88 Å². The molecule has 0 bridgehead atoms. The van der Waals surface area contributed by atoms with Gasteiger partial charge in [-0.15, -0.1) is 0 Å². The third kappa shape index (κ3) is 3.90. The van der Waals surface area contributed by atoms with Gasteiger partial charge in [-0.05, 0) is 29.8 Å². The molecule has 4 rings (SSSR count). The predicted molar refractivity (Wildman–Crippen MR) is 101 cm³/mol. The summed E-state index contributed by atoms with van der Waals surface area (Å²) in [5, 5.41) is 1.12. The molecule has 3 nitrogen and oxygen atoms in total. The minimum atomic E-state index is -4.31. The van der Waals surface area contributed by atoms with Gasteiger partial charge in [0, 0.05) is 50.0 Å². The summed E-state index contributed by atoms with van der Waals surface area (Å²) in [5.74, 6) is 0. The number of hydrogen-bond acceptors (Lipinski definition) is 3. The number of piperazine rings is 1. The largest absolute Gasteiger partial charge is 0.416 e. The number of alkyl halides is 3. The van der Waals surface area contributed by atoms with Gasteiger partial charge in [0.05, 0.1) is 11.1 Å². The van der Waals surface area contributed by atoms with Crippen LogP contribution < -0.4 is 4.90 Å². The first-order valence-corrected chi connectivity index (χ1v) is 8.98. The Kier molecular flexibility index (Phi) is 4.74. The molecular weight excluding hydrogens is 351 g/mol. The van der Waals surface area contributed by atoms with Crippen molar-refractivity contribution in [2.75, 3.05) is 31.1 Å². The molecule has 1 aliphatic rings. The third-order valence-electron chi connectivity index (χ3n) is 5.02. The number of benzene rings is 2. The van der Waals surface area contributed by atoms with Gasteiger partial charge in [-0.3, -0.25) is 9.88 Å². The Morgan fingerprint density at radius 1 is 0.889 bits per heavy atom. The second-order valence-corrected chi connectivity index (χ2v) is 6.80. The van der Waals surface area contributed by atoms with Gasteiger partial charge in [-0.2, -0.15) is 13.2 Å². The van der Waals surface area contributed by atoms with E-state index in [4.69, 9.17) is 0 Å². The molecule has 1 saturated heterocycles. The van der Waals surface area contributed by atoms with Gasteiger partial charge in [0.1, 0.15) is 0 Å². The smallest absolute Gasteiger partial charge is 0.369 e. The molecule has 27 heavy (non-hydrogen) atoms. The van der Waals surface area contributed by atoms with E-state index in [-0.39, 0.29) is 0 Å². The average Bonchev–Trinajstić information content (AvgIpc) is 2.68.